The van der Waals surface area contributed by atoms with E-state index in [2.05, 4.69) is 0 Å². The molecule has 6 nitrogen and oxygen atoms in total. The van der Waals surface area contributed by atoms with E-state index >= 15 is 0 Å². The first-order chi connectivity index (χ1) is 11.1. The van der Waals surface area contributed by atoms with Crippen LogP contribution in [0.25, 0.3) is 0 Å². The molecule has 1 aromatic carbocycles. The van der Waals surface area contributed by atoms with Crippen molar-refractivity contribution in [2.45, 2.75) is 13.3 Å². The molecule has 0 bridgehead atoms. The topological polar surface area (TPSA) is 66.9 Å². The molecule has 1 aliphatic heterocycles. The molecule has 1 aliphatic rings. The number of hydrogen-bond acceptors (Lipinski definition) is 5. The number of ether oxygens (including phenoxy) is 1. The molecule has 0 aliphatic carbocycles. The molecule has 1 heterocycles. The van der Waals surface area contributed by atoms with E-state index in [1.54, 1.807) is 24.3 Å². The Morgan fingerprint density at radius 2 is 2.13 bits per heavy atom. The number of hydrogen-bond donors (Lipinski definition) is 0. The smallest absolute Gasteiger partial charge is 0.290 e. The molecule has 1 saturated heterocycles. The predicted octanol–water partition coefficient (Wildman–Crippen LogP) is 2.70. The normalized spacial score (nSPS) is 14.3. The second kappa shape index (κ2) is 8.21. The highest BCUT2D eigenvalue weighted by molar-refractivity contribution is 8.14. The van der Waals surface area contributed by atoms with Crippen LogP contribution < -0.4 is 9.64 Å². The summed E-state index contributed by atoms with van der Waals surface area (Å²) in [5, 5.41) is -0.366. The number of rotatable bonds is 7. The molecule has 2 rings (SSSR count). The number of carbonyl (C=O) groups is 3. The van der Waals surface area contributed by atoms with Gasteiger partial charge in [0.15, 0.2) is 0 Å². The second-order valence-corrected chi connectivity index (χ2v) is 5.98. The number of benzene rings is 1. The minimum absolute atomic E-state index is 0.0930. The summed E-state index contributed by atoms with van der Waals surface area (Å²) in [4.78, 5) is 38.2. The quantitative estimate of drug-likeness (QED) is 0.703. The molecule has 124 valence electrons. The first kappa shape index (κ1) is 17.6. The number of para-hydroxylation sites is 2. The number of anilines is 1. The second-order valence-electron chi connectivity index (χ2n) is 4.79. The van der Waals surface area contributed by atoms with Gasteiger partial charge in [-0.25, -0.2) is 0 Å². The number of carbonyl (C=O) groups excluding carboxylic acids is 3. The summed E-state index contributed by atoms with van der Waals surface area (Å²) in [6, 6.07) is 6.99. The minimum Gasteiger partial charge on any atom is -0.491 e. The maximum absolute atomic E-state index is 12.2. The van der Waals surface area contributed by atoms with Gasteiger partial charge in [-0.15, -0.1) is 11.6 Å². The SMILES string of the molecule is CCCOc1ccccc1N(CN1C(=O)CSC1=O)C(=O)CCl. The van der Waals surface area contributed by atoms with Crippen molar-refractivity contribution >= 4 is 46.1 Å². The van der Waals surface area contributed by atoms with Gasteiger partial charge >= 0.3 is 0 Å². The predicted molar refractivity (Wildman–Crippen MR) is 90.0 cm³/mol. The van der Waals surface area contributed by atoms with Crippen molar-refractivity contribution in [1.82, 2.24) is 4.90 Å². The summed E-state index contributed by atoms with van der Waals surface area (Å²) in [5.41, 5.74) is 0.490. The number of thioether (sulfide) groups is 1. The van der Waals surface area contributed by atoms with Crippen LogP contribution in [0.5, 0.6) is 5.75 Å². The molecule has 0 atom stereocenters. The third-order valence-corrected chi connectivity index (χ3v) is 4.24. The van der Waals surface area contributed by atoms with Gasteiger partial charge in [-0.05, 0) is 18.6 Å². The van der Waals surface area contributed by atoms with E-state index in [0.717, 1.165) is 23.1 Å². The van der Waals surface area contributed by atoms with Gasteiger partial charge in [0.1, 0.15) is 18.3 Å². The van der Waals surface area contributed by atoms with Crippen LogP contribution in [-0.2, 0) is 9.59 Å². The lowest BCUT2D eigenvalue weighted by molar-refractivity contribution is -0.125. The summed E-state index contributed by atoms with van der Waals surface area (Å²) in [6.45, 7) is 2.31. The third-order valence-electron chi connectivity index (χ3n) is 3.16. The monoisotopic (exact) mass is 356 g/mol. The van der Waals surface area contributed by atoms with Crippen LogP contribution in [0.4, 0.5) is 10.5 Å². The highest BCUT2D eigenvalue weighted by Gasteiger charge is 2.33. The van der Waals surface area contributed by atoms with E-state index in [1.807, 2.05) is 6.92 Å². The van der Waals surface area contributed by atoms with E-state index in [4.69, 9.17) is 16.3 Å². The Kier molecular flexibility index (Phi) is 6.29. The van der Waals surface area contributed by atoms with E-state index in [1.165, 1.54) is 4.90 Å². The zero-order valence-electron chi connectivity index (χ0n) is 12.7. The first-order valence-electron chi connectivity index (χ1n) is 7.13. The highest BCUT2D eigenvalue weighted by atomic mass is 35.5. The standard InChI is InChI=1S/C15H17ClN2O4S/c1-2-7-22-12-6-4-3-5-11(12)17(13(19)8-16)10-18-14(20)9-23-15(18)21/h3-6H,2,7-10H2,1H3. The van der Waals surface area contributed by atoms with Gasteiger partial charge in [0.2, 0.25) is 11.8 Å². The third kappa shape index (κ3) is 4.17. The molecule has 0 radical (unpaired) electrons. The Bertz CT molecular complexity index is 595. The lowest BCUT2D eigenvalue weighted by atomic mass is 10.2. The van der Waals surface area contributed by atoms with Gasteiger partial charge in [0, 0.05) is 0 Å². The van der Waals surface area contributed by atoms with Gasteiger partial charge in [0.05, 0.1) is 18.0 Å². The summed E-state index contributed by atoms with van der Waals surface area (Å²) < 4.78 is 5.65. The summed E-state index contributed by atoms with van der Waals surface area (Å²) in [7, 11) is 0. The van der Waals surface area contributed by atoms with Crippen LogP contribution in [0.2, 0.25) is 0 Å². The van der Waals surface area contributed by atoms with Gasteiger partial charge in [0.25, 0.3) is 5.24 Å². The van der Waals surface area contributed by atoms with Crippen molar-refractivity contribution in [2.75, 3.05) is 29.8 Å². The summed E-state index contributed by atoms with van der Waals surface area (Å²) in [6.07, 6.45) is 0.817. The molecule has 8 heteroatoms. The Labute approximate surface area is 143 Å². The number of nitrogens with zero attached hydrogens (tertiary/aromatic N) is 2. The van der Waals surface area contributed by atoms with Crippen molar-refractivity contribution in [3.8, 4) is 5.75 Å². The molecule has 0 saturated carbocycles. The van der Waals surface area contributed by atoms with Crippen LogP contribution in [-0.4, -0.2) is 46.9 Å². The summed E-state index contributed by atoms with van der Waals surface area (Å²) in [5.74, 6) is -0.378. The van der Waals surface area contributed by atoms with Crippen molar-refractivity contribution < 1.29 is 19.1 Å². The lowest BCUT2D eigenvalue weighted by Crippen LogP contribution is -2.44. The fraction of sp³-hybridized carbons (Fsp3) is 0.400. The van der Waals surface area contributed by atoms with Gasteiger partial charge in [-0.1, -0.05) is 30.8 Å². The number of amides is 3. The fourth-order valence-electron chi connectivity index (χ4n) is 2.03. The van der Waals surface area contributed by atoms with Gasteiger partial charge in [-0.3, -0.25) is 24.2 Å². The van der Waals surface area contributed by atoms with Gasteiger partial charge < -0.3 is 4.74 Å². The van der Waals surface area contributed by atoms with Gasteiger partial charge in [-0.2, -0.15) is 0 Å². The van der Waals surface area contributed by atoms with E-state index in [-0.39, 0.29) is 29.4 Å². The number of halogens is 1. The van der Waals surface area contributed by atoms with Crippen LogP contribution in [0.1, 0.15) is 13.3 Å². The van der Waals surface area contributed by atoms with Crippen LogP contribution in [0.15, 0.2) is 24.3 Å². The van der Waals surface area contributed by atoms with Crippen molar-refractivity contribution in [2.24, 2.45) is 0 Å². The molecule has 0 N–H and O–H groups in total. The average molecular weight is 357 g/mol. The molecule has 3 amide bonds. The van der Waals surface area contributed by atoms with Crippen LogP contribution >= 0.6 is 23.4 Å². The fourth-order valence-corrected chi connectivity index (χ4v) is 2.90. The Morgan fingerprint density at radius 3 is 2.74 bits per heavy atom. The van der Waals surface area contributed by atoms with E-state index < -0.39 is 5.91 Å². The Hall–Kier alpha value is -1.73. The molecule has 0 spiro atoms. The first-order valence-corrected chi connectivity index (χ1v) is 8.65. The average Bonchev–Trinajstić information content (AvgIpc) is 2.89. The lowest BCUT2D eigenvalue weighted by Gasteiger charge is -2.27. The molecular weight excluding hydrogens is 340 g/mol. The highest BCUT2D eigenvalue weighted by Crippen LogP contribution is 2.30. The van der Waals surface area contributed by atoms with Crippen molar-refractivity contribution in [1.29, 1.82) is 0 Å². The zero-order chi connectivity index (χ0) is 16.8. The van der Waals surface area contributed by atoms with E-state index in [0.29, 0.717) is 18.0 Å². The molecular formula is C15H17ClN2O4S. The zero-order valence-corrected chi connectivity index (χ0v) is 14.2. The molecule has 1 aromatic rings. The number of alkyl halides is 1. The molecule has 0 unspecified atom stereocenters. The minimum atomic E-state index is -0.406. The van der Waals surface area contributed by atoms with Crippen LogP contribution in [0, 0.1) is 0 Å². The summed E-state index contributed by atoms with van der Waals surface area (Å²) >= 11 is 6.61. The largest absolute Gasteiger partial charge is 0.491 e. The van der Waals surface area contributed by atoms with Crippen LogP contribution in [0.3, 0.4) is 0 Å². The Morgan fingerprint density at radius 1 is 1.39 bits per heavy atom. The molecule has 23 heavy (non-hydrogen) atoms. The maximum atomic E-state index is 12.2. The number of imide groups is 1. The van der Waals surface area contributed by atoms with Crippen molar-refractivity contribution in [3.05, 3.63) is 24.3 Å². The maximum Gasteiger partial charge on any atom is 0.290 e. The molecule has 1 fully saturated rings. The van der Waals surface area contributed by atoms with E-state index in [9.17, 15) is 14.4 Å². The molecule has 0 aromatic heterocycles. The Balaban J connectivity index is 2.30. The van der Waals surface area contributed by atoms with Crippen molar-refractivity contribution in [3.63, 3.8) is 0 Å².